The maximum atomic E-state index is 10.2. The third-order valence-electron chi connectivity index (χ3n) is 5.19. The molecule has 0 heterocycles. The fraction of sp³-hybridized carbons (Fsp3) is 0.944. The molecule has 24 heavy (non-hydrogen) atoms. The maximum Gasteiger partial charge on any atom is 0.191 e. The lowest BCUT2D eigenvalue weighted by Gasteiger charge is -2.35. The molecule has 0 amide bonds. The number of nitrogens with one attached hydrogen (secondary N) is 2. The van der Waals surface area contributed by atoms with Crippen LogP contribution in [0.1, 0.15) is 65.2 Å². The fourth-order valence-electron chi connectivity index (χ4n) is 3.64. The second kappa shape index (κ2) is 11.5. The summed E-state index contributed by atoms with van der Waals surface area (Å²) < 4.78 is 5.97. The number of hydrogen-bond donors (Lipinski definition) is 3. The lowest BCUT2D eigenvalue weighted by molar-refractivity contribution is -0.0236. The molecule has 2 rings (SSSR count). The molecule has 142 valence electrons. The number of rotatable bonds is 9. The first-order valence-electron chi connectivity index (χ1n) is 9.53. The van der Waals surface area contributed by atoms with Crippen LogP contribution in [-0.4, -0.2) is 49.0 Å². The van der Waals surface area contributed by atoms with Gasteiger partial charge in [-0.25, -0.2) is 0 Å². The van der Waals surface area contributed by atoms with E-state index in [0.717, 1.165) is 57.3 Å². The van der Waals surface area contributed by atoms with E-state index < -0.39 is 5.60 Å². The molecule has 0 aromatic rings. The van der Waals surface area contributed by atoms with Crippen molar-refractivity contribution in [2.24, 2.45) is 10.9 Å². The molecule has 0 radical (unpaired) electrons. The van der Waals surface area contributed by atoms with E-state index in [0.29, 0.717) is 12.6 Å². The van der Waals surface area contributed by atoms with Gasteiger partial charge in [0.15, 0.2) is 5.96 Å². The summed E-state index contributed by atoms with van der Waals surface area (Å²) in [6, 6.07) is 0. The van der Waals surface area contributed by atoms with Crippen molar-refractivity contribution in [2.75, 3.05) is 26.2 Å². The van der Waals surface area contributed by atoms with Crippen molar-refractivity contribution >= 4 is 29.9 Å². The van der Waals surface area contributed by atoms with Crippen LogP contribution in [0.15, 0.2) is 4.99 Å². The Labute approximate surface area is 164 Å². The third-order valence-corrected chi connectivity index (χ3v) is 5.19. The Morgan fingerprint density at radius 3 is 2.46 bits per heavy atom. The molecule has 0 aliphatic heterocycles. The van der Waals surface area contributed by atoms with Gasteiger partial charge in [0.25, 0.3) is 0 Å². The molecule has 6 heteroatoms. The second-order valence-corrected chi connectivity index (χ2v) is 7.03. The average molecular weight is 453 g/mol. The minimum absolute atomic E-state index is 0. The predicted molar refractivity (Wildman–Crippen MR) is 110 cm³/mol. The molecule has 1 atom stereocenters. The molecule has 0 saturated heterocycles. The number of guanidine groups is 1. The molecule has 3 N–H and O–H groups in total. The van der Waals surface area contributed by atoms with Gasteiger partial charge >= 0.3 is 0 Å². The normalized spacial score (nSPS) is 21.7. The van der Waals surface area contributed by atoms with Crippen LogP contribution in [0.3, 0.4) is 0 Å². The molecule has 2 aliphatic carbocycles. The molecule has 5 nitrogen and oxygen atoms in total. The highest BCUT2D eigenvalue weighted by molar-refractivity contribution is 14.0. The van der Waals surface area contributed by atoms with Gasteiger partial charge in [-0.1, -0.05) is 12.8 Å². The van der Waals surface area contributed by atoms with Crippen molar-refractivity contribution in [1.29, 1.82) is 0 Å². The first-order chi connectivity index (χ1) is 11.2. The van der Waals surface area contributed by atoms with Gasteiger partial charge in [0.1, 0.15) is 0 Å². The van der Waals surface area contributed by atoms with Crippen molar-refractivity contribution in [3.63, 3.8) is 0 Å². The zero-order valence-corrected chi connectivity index (χ0v) is 17.7. The van der Waals surface area contributed by atoms with E-state index in [1.165, 1.54) is 25.7 Å². The fourth-order valence-corrected chi connectivity index (χ4v) is 3.64. The van der Waals surface area contributed by atoms with Crippen LogP contribution < -0.4 is 10.6 Å². The van der Waals surface area contributed by atoms with Crippen LogP contribution in [0, 0.1) is 5.92 Å². The Balaban J connectivity index is 0.00000288. The Morgan fingerprint density at radius 1 is 1.21 bits per heavy atom. The smallest absolute Gasteiger partial charge is 0.191 e. The number of halogens is 1. The summed E-state index contributed by atoms with van der Waals surface area (Å²) in [6.07, 6.45) is 9.59. The first kappa shape index (κ1) is 22.0. The highest BCUT2D eigenvalue weighted by Gasteiger charge is 2.34. The highest BCUT2D eigenvalue weighted by Crippen LogP contribution is 2.32. The van der Waals surface area contributed by atoms with Crippen molar-refractivity contribution in [3.8, 4) is 0 Å². The summed E-state index contributed by atoms with van der Waals surface area (Å²) in [6.45, 7) is 7.15. The summed E-state index contributed by atoms with van der Waals surface area (Å²) >= 11 is 0. The Morgan fingerprint density at radius 2 is 1.92 bits per heavy atom. The molecule has 2 aliphatic rings. The molecule has 2 fully saturated rings. The van der Waals surface area contributed by atoms with Crippen LogP contribution in [-0.2, 0) is 4.74 Å². The van der Waals surface area contributed by atoms with Crippen LogP contribution in [0.4, 0.5) is 0 Å². The van der Waals surface area contributed by atoms with E-state index in [1.54, 1.807) is 0 Å². The van der Waals surface area contributed by atoms with Crippen molar-refractivity contribution in [2.45, 2.75) is 76.9 Å². The minimum Gasteiger partial charge on any atom is -0.388 e. The van der Waals surface area contributed by atoms with E-state index in [1.807, 2.05) is 0 Å². The van der Waals surface area contributed by atoms with Gasteiger partial charge in [-0.3, -0.25) is 4.99 Å². The Hall–Kier alpha value is -0.0800. The largest absolute Gasteiger partial charge is 0.388 e. The zero-order chi connectivity index (χ0) is 16.5. The van der Waals surface area contributed by atoms with Crippen LogP contribution in [0.25, 0.3) is 0 Å². The summed E-state index contributed by atoms with van der Waals surface area (Å²) in [4.78, 5) is 4.55. The molecule has 1 unspecified atom stereocenters. The first-order valence-corrected chi connectivity index (χ1v) is 9.53. The number of ether oxygens (including phenoxy) is 1. The second-order valence-electron chi connectivity index (χ2n) is 7.03. The predicted octanol–water partition coefficient (Wildman–Crippen LogP) is 3.06. The molecular weight excluding hydrogens is 417 g/mol. The van der Waals surface area contributed by atoms with Gasteiger partial charge in [-0.15, -0.1) is 24.0 Å². The summed E-state index contributed by atoms with van der Waals surface area (Å²) in [5.74, 6) is 1.54. The SMILES string of the molecule is CCNC(=NCC1(O)CCC1)NCCC(OCC)C1CCCC1.I. The molecular formula is C18H36IN3O2. The Kier molecular flexibility index (Phi) is 10.5. The lowest BCUT2D eigenvalue weighted by atomic mass is 9.80. The molecule has 0 spiro atoms. The average Bonchev–Trinajstić information content (AvgIpc) is 3.04. The van der Waals surface area contributed by atoms with Gasteiger partial charge in [-0.2, -0.15) is 0 Å². The van der Waals surface area contributed by atoms with E-state index in [2.05, 4.69) is 29.5 Å². The van der Waals surface area contributed by atoms with Crippen molar-refractivity contribution in [3.05, 3.63) is 0 Å². The van der Waals surface area contributed by atoms with Crippen molar-refractivity contribution in [1.82, 2.24) is 10.6 Å². The van der Waals surface area contributed by atoms with Gasteiger partial charge in [0.2, 0.25) is 0 Å². The standard InChI is InChI=1S/C18H35N3O2.HI/c1-3-19-17(21-14-18(22)11-7-12-18)20-13-10-16(23-4-2)15-8-5-6-9-15;/h15-16,22H,3-14H2,1-2H3,(H2,19,20,21);1H. The number of hydrogen-bond acceptors (Lipinski definition) is 3. The molecule has 0 aromatic heterocycles. The number of aliphatic imine (C=N–C) groups is 1. The Bertz CT molecular complexity index is 369. The minimum atomic E-state index is -0.556. The summed E-state index contributed by atoms with van der Waals surface area (Å²) in [5, 5.41) is 16.8. The molecule has 0 aromatic carbocycles. The quantitative estimate of drug-likeness (QED) is 0.285. The van der Waals surface area contributed by atoms with Crippen molar-refractivity contribution < 1.29 is 9.84 Å². The van der Waals surface area contributed by atoms with Crippen LogP contribution in [0.2, 0.25) is 0 Å². The molecule has 0 bridgehead atoms. The van der Waals surface area contributed by atoms with Gasteiger partial charge in [0.05, 0.1) is 18.2 Å². The van der Waals surface area contributed by atoms with E-state index in [4.69, 9.17) is 4.74 Å². The topological polar surface area (TPSA) is 65.9 Å². The zero-order valence-electron chi connectivity index (χ0n) is 15.4. The van der Waals surface area contributed by atoms with Gasteiger partial charge in [-0.05, 0) is 58.3 Å². The number of nitrogens with zero attached hydrogens (tertiary/aromatic N) is 1. The summed E-state index contributed by atoms with van der Waals surface area (Å²) in [7, 11) is 0. The van der Waals surface area contributed by atoms with E-state index in [-0.39, 0.29) is 24.0 Å². The van der Waals surface area contributed by atoms with Gasteiger partial charge in [0, 0.05) is 19.7 Å². The highest BCUT2D eigenvalue weighted by atomic mass is 127. The van der Waals surface area contributed by atoms with Gasteiger partial charge < -0.3 is 20.5 Å². The summed E-state index contributed by atoms with van der Waals surface area (Å²) in [5.41, 5.74) is -0.556. The third kappa shape index (κ3) is 7.04. The van der Waals surface area contributed by atoms with Crippen LogP contribution in [0.5, 0.6) is 0 Å². The van der Waals surface area contributed by atoms with E-state index >= 15 is 0 Å². The maximum absolute atomic E-state index is 10.2. The van der Waals surface area contributed by atoms with E-state index in [9.17, 15) is 5.11 Å². The number of aliphatic hydroxyl groups is 1. The van der Waals surface area contributed by atoms with Crippen LogP contribution >= 0.6 is 24.0 Å². The monoisotopic (exact) mass is 453 g/mol. The molecule has 2 saturated carbocycles. The lowest BCUT2D eigenvalue weighted by Crippen LogP contribution is -2.43.